The standard InChI is InChI=1S/C19H25FN4O3/c1-13(2)17(25)23-9-10-24-15(12-23)19(27-18(24)26)5-7-22(8-6-19)16-4-3-14(20)11-21-16/h3-4,11,13,15H,5-10,12H2,1-2H3. The van der Waals surface area contributed by atoms with Crippen molar-refractivity contribution in [1.29, 1.82) is 0 Å². The van der Waals surface area contributed by atoms with Crippen LogP contribution in [0.15, 0.2) is 18.3 Å². The van der Waals surface area contributed by atoms with Crippen LogP contribution in [0.1, 0.15) is 26.7 Å². The minimum atomic E-state index is -0.566. The number of rotatable bonds is 2. The van der Waals surface area contributed by atoms with Crippen molar-refractivity contribution < 1.29 is 18.7 Å². The summed E-state index contributed by atoms with van der Waals surface area (Å²) in [5.74, 6) is 0.436. The lowest BCUT2D eigenvalue weighted by molar-refractivity contribution is -0.137. The van der Waals surface area contributed by atoms with Gasteiger partial charge in [0.15, 0.2) is 0 Å². The Hall–Kier alpha value is -2.38. The van der Waals surface area contributed by atoms with E-state index in [4.69, 9.17) is 4.74 Å². The number of halogens is 1. The predicted octanol–water partition coefficient (Wildman–Crippen LogP) is 1.88. The molecule has 3 aliphatic heterocycles. The maximum Gasteiger partial charge on any atom is 0.410 e. The molecule has 2 amide bonds. The number of anilines is 1. The second-order valence-electron chi connectivity index (χ2n) is 7.90. The lowest BCUT2D eigenvalue weighted by atomic mass is 9.83. The molecule has 146 valence electrons. The van der Waals surface area contributed by atoms with Gasteiger partial charge in [0.25, 0.3) is 0 Å². The van der Waals surface area contributed by atoms with E-state index in [1.54, 1.807) is 11.0 Å². The average Bonchev–Trinajstić information content (AvgIpc) is 2.93. The maximum absolute atomic E-state index is 13.1. The van der Waals surface area contributed by atoms with Crippen molar-refractivity contribution in [2.45, 2.75) is 38.3 Å². The smallest absolute Gasteiger partial charge is 0.410 e. The van der Waals surface area contributed by atoms with Gasteiger partial charge in [-0.15, -0.1) is 0 Å². The number of amides is 2. The van der Waals surface area contributed by atoms with Crippen LogP contribution in [-0.2, 0) is 9.53 Å². The molecule has 1 aromatic heterocycles. The second-order valence-corrected chi connectivity index (χ2v) is 7.90. The third-order valence-electron chi connectivity index (χ3n) is 5.96. The summed E-state index contributed by atoms with van der Waals surface area (Å²) >= 11 is 0. The third kappa shape index (κ3) is 3.11. The van der Waals surface area contributed by atoms with Crippen LogP contribution in [0, 0.1) is 11.7 Å². The predicted molar refractivity (Wildman–Crippen MR) is 96.8 cm³/mol. The highest BCUT2D eigenvalue weighted by molar-refractivity contribution is 5.79. The molecule has 0 aliphatic carbocycles. The van der Waals surface area contributed by atoms with Gasteiger partial charge in [-0.05, 0) is 12.1 Å². The first-order valence-electron chi connectivity index (χ1n) is 9.54. The highest BCUT2D eigenvalue weighted by Crippen LogP contribution is 2.41. The summed E-state index contributed by atoms with van der Waals surface area (Å²) in [6.07, 6.45) is 2.28. The van der Waals surface area contributed by atoms with E-state index in [2.05, 4.69) is 9.88 Å². The molecule has 4 heterocycles. The van der Waals surface area contributed by atoms with Gasteiger partial charge in [0.1, 0.15) is 17.2 Å². The van der Waals surface area contributed by atoms with Gasteiger partial charge in [-0.1, -0.05) is 13.8 Å². The van der Waals surface area contributed by atoms with Crippen molar-refractivity contribution in [3.63, 3.8) is 0 Å². The molecular weight excluding hydrogens is 351 g/mol. The van der Waals surface area contributed by atoms with Gasteiger partial charge in [-0.2, -0.15) is 0 Å². The second kappa shape index (κ2) is 6.65. The van der Waals surface area contributed by atoms with Gasteiger partial charge in [-0.25, -0.2) is 14.2 Å². The zero-order valence-corrected chi connectivity index (χ0v) is 15.7. The molecule has 8 heteroatoms. The minimum Gasteiger partial charge on any atom is -0.440 e. The molecule has 7 nitrogen and oxygen atoms in total. The third-order valence-corrected chi connectivity index (χ3v) is 5.96. The number of hydrogen-bond acceptors (Lipinski definition) is 5. The SMILES string of the molecule is CC(C)C(=O)N1CCN2C(=O)OC3(CCN(c4ccc(F)cn4)CC3)C2C1. The van der Waals surface area contributed by atoms with Gasteiger partial charge in [-0.3, -0.25) is 9.69 Å². The lowest BCUT2D eigenvalue weighted by Gasteiger charge is -2.45. The highest BCUT2D eigenvalue weighted by atomic mass is 19.1. The quantitative estimate of drug-likeness (QED) is 0.789. The number of hydrogen-bond donors (Lipinski definition) is 0. The Morgan fingerprint density at radius 1 is 1.26 bits per heavy atom. The number of aromatic nitrogens is 1. The molecule has 3 fully saturated rings. The molecule has 1 spiro atoms. The molecule has 0 aromatic carbocycles. The van der Waals surface area contributed by atoms with E-state index < -0.39 is 5.60 Å². The maximum atomic E-state index is 13.1. The van der Waals surface area contributed by atoms with Gasteiger partial charge in [0, 0.05) is 51.5 Å². The minimum absolute atomic E-state index is 0.0584. The zero-order valence-electron chi connectivity index (χ0n) is 15.7. The Kier molecular flexibility index (Phi) is 4.44. The summed E-state index contributed by atoms with van der Waals surface area (Å²) in [6.45, 7) is 6.75. The number of carbonyl (C=O) groups excluding carboxylic acids is 2. The van der Waals surface area contributed by atoms with E-state index in [0.29, 0.717) is 45.6 Å². The fourth-order valence-electron chi connectivity index (χ4n) is 4.42. The first-order valence-corrected chi connectivity index (χ1v) is 9.54. The van der Waals surface area contributed by atoms with Crippen LogP contribution in [0.3, 0.4) is 0 Å². The summed E-state index contributed by atoms with van der Waals surface area (Å²) in [6, 6.07) is 2.97. The first-order chi connectivity index (χ1) is 12.9. The number of piperazine rings is 1. The Morgan fingerprint density at radius 2 is 2.00 bits per heavy atom. The van der Waals surface area contributed by atoms with Crippen molar-refractivity contribution in [3.8, 4) is 0 Å². The number of carbonyl (C=O) groups is 2. The Bertz CT molecular complexity index is 731. The summed E-state index contributed by atoms with van der Waals surface area (Å²) < 4.78 is 19.0. The number of piperidine rings is 1. The molecular formula is C19H25FN4O3. The molecule has 1 unspecified atom stereocenters. The molecule has 1 aromatic rings. The van der Waals surface area contributed by atoms with Crippen LogP contribution in [0.2, 0.25) is 0 Å². The van der Waals surface area contributed by atoms with E-state index in [-0.39, 0.29) is 29.8 Å². The molecule has 0 saturated carbocycles. The van der Waals surface area contributed by atoms with Crippen molar-refractivity contribution in [2.24, 2.45) is 5.92 Å². The monoisotopic (exact) mass is 376 g/mol. The Balaban J connectivity index is 1.49. The van der Waals surface area contributed by atoms with E-state index in [9.17, 15) is 14.0 Å². The highest BCUT2D eigenvalue weighted by Gasteiger charge is 2.57. The van der Waals surface area contributed by atoms with Crippen LogP contribution in [-0.4, -0.2) is 71.2 Å². The molecule has 1 atom stereocenters. The Labute approximate surface area is 158 Å². The summed E-state index contributed by atoms with van der Waals surface area (Å²) in [7, 11) is 0. The zero-order chi connectivity index (χ0) is 19.2. The summed E-state index contributed by atoms with van der Waals surface area (Å²) in [5.41, 5.74) is -0.566. The van der Waals surface area contributed by atoms with E-state index >= 15 is 0 Å². The number of ether oxygens (including phenoxy) is 1. The average molecular weight is 376 g/mol. The molecule has 3 saturated heterocycles. The molecule has 4 rings (SSSR count). The van der Waals surface area contributed by atoms with E-state index in [0.717, 1.165) is 5.82 Å². The molecule has 0 radical (unpaired) electrons. The van der Waals surface area contributed by atoms with Gasteiger partial charge < -0.3 is 14.5 Å². The molecule has 3 aliphatic rings. The molecule has 27 heavy (non-hydrogen) atoms. The number of pyridine rings is 1. The largest absolute Gasteiger partial charge is 0.440 e. The number of nitrogens with zero attached hydrogens (tertiary/aromatic N) is 4. The van der Waals surface area contributed by atoms with Crippen LogP contribution in [0.5, 0.6) is 0 Å². The van der Waals surface area contributed by atoms with Crippen molar-refractivity contribution in [2.75, 3.05) is 37.6 Å². The van der Waals surface area contributed by atoms with Crippen molar-refractivity contribution >= 4 is 17.8 Å². The number of fused-ring (bicyclic) bond motifs is 2. The van der Waals surface area contributed by atoms with Gasteiger partial charge in [0.2, 0.25) is 5.91 Å². The molecule has 0 bridgehead atoms. The van der Waals surface area contributed by atoms with Crippen LogP contribution in [0.25, 0.3) is 0 Å². The van der Waals surface area contributed by atoms with Crippen LogP contribution < -0.4 is 4.90 Å². The van der Waals surface area contributed by atoms with Crippen LogP contribution >= 0.6 is 0 Å². The topological polar surface area (TPSA) is 66.0 Å². The Morgan fingerprint density at radius 3 is 2.63 bits per heavy atom. The fourth-order valence-corrected chi connectivity index (χ4v) is 4.42. The lowest BCUT2D eigenvalue weighted by Crippen LogP contribution is -2.61. The van der Waals surface area contributed by atoms with Crippen molar-refractivity contribution in [1.82, 2.24) is 14.8 Å². The first kappa shape index (κ1) is 18.0. The fraction of sp³-hybridized carbons (Fsp3) is 0.632. The van der Waals surface area contributed by atoms with Crippen LogP contribution in [0.4, 0.5) is 15.0 Å². The summed E-state index contributed by atoms with van der Waals surface area (Å²) in [5, 5.41) is 0. The van der Waals surface area contributed by atoms with E-state index in [1.165, 1.54) is 12.3 Å². The van der Waals surface area contributed by atoms with Gasteiger partial charge >= 0.3 is 6.09 Å². The molecule has 0 N–H and O–H groups in total. The van der Waals surface area contributed by atoms with Crippen molar-refractivity contribution in [3.05, 3.63) is 24.1 Å². The summed E-state index contributed by atoms with van der Waals surface area (Å²) in [4.78, 5) is 34.7. The van der Waals surface area contributed by atoms with Gasteiger partial charge in [0.05, 0.1) is 12.2 Å². The van der Waals surface area contributed by atoms with E-state index in [1.807, 2.05) is 18.7 Å². The normalized spacial score (nSPS) is 24.4.